The van der Waals surface area contributed by atoms with Crippen molar-refractivity contribution < 1.29 is 35.9 Å². The van der Waals surface area contributed by atoms with Gasteiger partial charge in [-0.25, -0.2) is 21.9 Å². The van der Waals surface area contributed by atoms with E-state index in [1.165, 1.54) is 31.5 Å². The third-order valence-corrected chi connectivity index (χ3v) is 6.15. The molecule has 0 fully saturated rings. The van der Waals surface area contributed by atoms with Crippen LogP contribution in [0.5, 0.6) is 0 Å². The lowest BCUT2D eigenvalue weighted by atomic mass is 10.1. The van der Waals surface area contributed by atoms with Gasteiger partial charge in [0.15, 0.2) is 11.6 Å². The van der Waals surface area contributed by atoms with Crippen molar-refractivity contribution in [2.75, 3.05) is 7.11 Å². The summed E-state index contributed by atoms with van der Waals surface area (Å²) >= 11 is 4.15. The summed E-state index contributed by atoms with van der Waals surface area (Å²) in [6, 6.07) is 8.70. The number of nitrogens with one attached hydrogen (secondary N) is 1. The van der Waals surface area contributed by atoms with Gasteiger partial charge in [0, 0.05) is 29.3 Å². The standard InChI is InChI=1S/C21H19F3N2O5S2/c1-30-21(27)14-4-2-13(3-5-14)9-25-33(28,29)26-10-17(32)7-16(26)12-31-11-15-6-19(23)20(24)8-18(15)22/h2-8,10,25,32H,9,11-12H2,1H3. The van der Waals surface area contributed by atoms with Gasteiger partial charge in [-0.05, 0) is 29.8 Å². The zero-order valence-corrected chi connectivity index (χ0v) is 18.9. The number of halogens is 3. The van der Waals surface area contributed by atoms with Crippen LogP contribution >= 0.6 is 12.6 Å². The van der Waals surface area contributed by atoms with Gasteiger partial charge in [0.2, 0.25) is 0 Å². The number of carbonyl (C=O) groups excluding carboxylic acids is 1. The lowest BCUT2D eigenvalue weighted by molar-refractivity contribution is 0.0600. The van der Waals surface area contributed by atoms with Crippen molar-refractivity contribution in [3.8, 4) is 0 Å². The molecule has 0 atom stereocenters. The number of rotatable bonds is 9. The first-order chi connectivity index (χ1) is 15.6. The molecular formula is C21H19F3N2O5S2. The van der Waals surface area contributed by atoms with Gasteiger partial charge in [0.1, 0.15) is 5.82 Å². The fourth-order valence-corrected chi connectivity index (χ4v) is 4.36. The van der Waals surface area contributed by atoms with Gasteiger partial charge in [0.25, 0.3) is 0 Å². The second kappa shape index (κ2) is 10.4. The Labute approximate surface area is 193 Å². The Bertz CT molecular complexity index is 1260. The molecule has 0 bridgehead atoms. The van der Waals surface area contributed by atoms with E-state index in [9.17, 15) is 26.4 Å². The number of ether oxygens (including phenoxy) is 2. The summed E-state index contributed by atoms with van der Waals surface area (Å²) in [6.45, 7) is -0.742. The summed E-state index contributed by atoms with van der Waals surface area (Å²) in [4.78, 5) is 11.8. The number of nitrogens with zero attached hydrogens (tertiary/aromatic N) is 1. The second-order valence-corrected chi connectivity index (χ2v) is 9.00. The number of methoxy groups -OCH3 is 1. The molecule has 12 heteroatoms. The van der Waals surface area contributed by atoms with E-state index in [2.05, 4.69) is 22.1 Å². The van der Waals surface area contributed by atoms with Crippen LogP contribution in [-0.2, 0) is 39.4 Å². The van der Waals surface area contributed by atoms with Crippen LogP contribution in [0.1, 0.15) is 27.2 Å². The van der Waals surface area contributed by atoms with Crippen molar-refractivity contribution in [2.24, 2.45) is 0 Å². The lowest BCUT2D eigenvalue weighted by Gasteiger charge is -2.12. The molecule has 0 unspecified atom stereocenters. The lowest BCUT2D eigenvalue weighted by Crippen LogP contribution is -2.30. The molecule has 33 heavy (non-hydrogen) atoms. The Kier molecular flexibility index (Phi) is 7.84. The largest absolute Gasteiger partial charge is 0.465 e. The number of carbonyl (C=O) groups is 1. The van der Waals surface area contributed by atoms with Gasteiger partial charge in [0.05, 0.1) is 31.6 Å². The highest BCUT2D eigenvalue weighted by atomic mass is 32.2. The van der Waals surface area contributed by atoms with Gasteiger partial charge in [-0.3, -0.25) is 0 Å². The molecule has 0 aliphatic heterocycles. The molecule has 2 aromatic carbocycles. The Morgan fingerprint density at radius 1 is 1.03 bits per heavy atom. The summed E-state index contributed by atoms with van der Waals surface area (Å²) in [6.07, 6.45) is 1.25. The van der Waals surface area contributed by atoms with Crippen LogP contribution in [0.4, 0.5) is 13.2 Å². The number of thiol groups is 1. The minimum atomic E-state index is -4.05. The maximum atomic E-state index is 13.7. The minimum Gasteiger partial charge on any atom is -0.465 e. The molecule has 0 spiro atoms. The number of aromatic nitrogens is 1. The first kappa shape index (κ1) is 24.8. The summed E-state index contributed by atoms with van der Waals surface area (Å²) in [7, 11) is -2.80. The maximum absolute atomic E-state index is 13.7. The predicted octanol–water partition coefficient (Wildman–Crippen LogP) is 3.58. The van der Waals surface area contributed by atoms with Crippen molar-refractivity contribution in [1.82, 2.24) is 8.69 Å². The summed E-state index contributed by atoms with van der Waals surface area (Å²) in [5.41, 5.74) is 0.883. The van der Waals surface area contributed by atoms with E-state index in [1.54, 1.807) is 12.1 Å². The summed E-state index contributed by atoms with van der Waals surface area (Å²) in [5.74, 6) is -4.03. The smallest absolute Gasteiger partial charge is 0.337 e. The first-order valence-electron chi connectivity index (χ1n) is 9.39. The molecule has 3 rings (SSSR count). The highest BCUT2D eigenvalue weighted by molar-refractivity contribution is 7.88. The highest BCUT2D eigenvalue weighted by Crippen LogP contribution is 2.19. The molecule has 7 nitrogen and oxygen atoms in total. The van der Waals surface area contributed by atoms with E-state index in [0.29, 0.717) is 28.2 Å². The molecule has 1 heterocycles. The summed E-state index contributed by atoms with van der Waals surface area (Å²) in [5, 5.41) is 0. The van der Waals surface area contributed by atoms with Crippen LogP contribution in [0.25, 0.3) is 0 Å². The van der Waals surface area contributed by atoms with Gasteiger partial charge >= 0.3 is 16.2 Å². The van der Waals surface area contributed by atoms with Crippen molar-refractivity contribution in [3.63, 3.8) is 0 Å². The Balaban J connectivity index is 1.67. The molecule has 0 aliphatic carbocycles. The van der Waals surface area contributed by atoms with Crippen molar-refractivity contribution in [2.45, 2.75) is 24.7 Å². The molecule has 0 aliphatic rings. The van der Waals surface area contributed by atoms with E-state index in [4.69, 9.17) is 4.74 Å². The average molecular weight is 501 g/mol. The van der Waals surface area contributed by atoms with Gasteiger partial charge in [-0.1, -0.05) is 12.1 Å². The number of hydrogen-bond donors (Lipinski definition) is 2. The molecule has 0 saturated heterocycles. The SMILES string of the molecule is COC(=O)c1ccc(CNS(=O)(=O)n2cc(S)cc2COCc2cc(F)c(F)cc2F)cc1. The Morgan fingerprint density at radius 3 is 2.36 bits per heavy atom. The third-order valence-electron chi connectivity index (χ3n) is 4.54. The van der Waals surface area contributed by atoms with E-state index < -0.39 is 40.2 Å². The van der Waals surface area contributed by atoms with Crippen LogP contribution < -0.4 is 4.72 Å². The molecular weight excluding hydrogens is 481 g/mol. The Morgan fingerprint density at radius 2 is 1.70 bits per heavy atom. The third kappa shape index (κ3) is 6.16. The topological polar surface area (TPSA) is 86.6 Å². The van der Waals surface area contributed by atoms with E-state index in [0.717, 1.165) is 3.97 Å². The van der Waals surface area contributed by atoms with Crippen LogP contribution in [-0.4, -0.2) is 25.5 Å². The number of esters is 1. The molecule has 0 radical (unpaired) electrons. The molecule has 0 saturated carbocycles. The second-order valence-electron chi connectivity index (χ2n) is 6.85. The maximum Gasteiger partial charge on any atom is 0.337 e. The number of hydrogen-bond acceptors (Lipinski definition) is 6. The molecule has 176 valence electrons. The fraction of sp³-hybridized carbons (Fsp3) is 0.190. The monoisotopic (exact) mass is 500 g/mol. The van der Waals surface area contributed by atoms with Gasteiger partial charge < -0.3 is 9.47 Å². The minimum absolute atomic E-state index is 0.0652. The number of benzene rings is 2. The summed E-state index contributed by atoms with van der Waals surface area (Å²) < 4.78 is 78.9. The van der Waals surface area contributed by atoms with Crippen LogP contribution in [0, 0.1) is 17.5 Å². The molecule has 1 aromatic heterocycles. The molecule has 1 N–H and O–H groups in total. The van der Waals surface area contributed by atoms with Crippen LogP contribution in [0.3, 0.4) is 0 Å². The first-order valence-corrected chi connectivity index (χ1v) is 11.3. The normalized spacial score (nSPS) is 11.5. The van der Waals surface area contributed by atoms with Crippen molar-refractivity contribution >= 4 is 28.8 Å². The van der Waals surface area contributed by atoms with Crippen molar-refractivity contribution in [3.05, 3.63) is 88.5 Å². The van der Waals surface area contributed by atoms with Crippen LogP contribution in [0.15, 0.2) is 53.6 Å². The highest BCUT2D eigenvalue weighted by Gasteiger charge is 2.18. The predicted molar refractivity (Wildman–Crippen MR) is 115 cm³/mol. The van der Waals surface area contributed by atoms with E-state index in [1.807, 2.05) is 0 Å². The van der Waals surface area contributed by atoms with Crippen molar-refractivity contribution in [1.29, 1.82) is 0 Å². The van der Waals surface area contributed by atoms with E-state index >= 15 is 0 Å². The zero-order valence-electron chi connectivity index (χ0n) is 17.2. The Hall–Kier alpha value is -2.80. The van der Waals surface area contributed by atoms with Crippen LogP contribution in [0.2, 0.25) is 0 Å². The molecule has 0 amide bonds. The quantitative estimate of drug-likeness (QED) is 0.267. The average Bonchev–Trinajstić information content (AvgIpc) is 3.17. The zero-order chi connectivity index (χ0) is 24.2. The van der Waals surface area contributed by atoms with E-state index in [-0.39, 0.29) is 24.4 Å². The van der Waals surface area contributed by atoms with Gasteiger partial charge in [-0.15, -0.1) is 12.6 Å². The van der Waals surface area contributed by atoms with Gasteiger partial charge in [-0.2, -0.15) is 13.1 Å². The fourth-order valence-electron chi connectivity index (χ4n) is 2.86. The molecule has 3 aromatic rings.